The van der Waals surface area contributed by atoms with Gasteiger partial charge in [-0.3, -0.25) is 9.36 Å². The highest BCUT2D eigenvalue weighted by atomic mass is 35.5. The molecule has 1 fully saturated rings. The van der Waals surface area contributed by atoms with E-state index in [2.05, 4.69) is 19.9 Å². The van der Waals surface area contributed by atoms with Crippen molar-refractivity contribution in [3.63, 3.8) is 0 Å². The van der Waals surface area contributed by atoms with Gasteiger partial charge in [0.15, 0.2) is 0 Å². The Morgan fingerprint density at radius 3 is 2.78 bits per heavy atom. The lowest BCUT2D eigenvalue weighted by Gasteiger charge is -2.29. The second-order valence-corrected chi connectivity index (χ2v) is 9.92. The predicted octanol–water partition coefficient (Wildman–Crippen LogP) is 3.43. The topological polar surface area (TPSA) is 102 Å². The lowest BCUT2D eigenvalue weighted by Crippen LogP contribution is -2.34. The van der Waals surface area contributed by atoms with Crippen LogP contribution in [-0.2, 0) is 6.54 Å². The molecule has 0 radical (unpaired) electrons. The van der Waals surface area contributed by atoms with Crippen molar-refractivity contribution in [2.75, 3.05) is 33.4 Å². The molecule has 0 saturated carbocycles. The predicted molar refractivity (Wildman–Crippen MR) is 145 cm³/mol. The van der Waals surface area contributed by atoms with E-state index in [0.29, 0.717) is 38.9 Å². The van der Waals surface area contributed by atoms with E-state index in [1.165, 1.54) is 21.5 Å². The zero-order valence-corrected chi connectivity index (χ0v) is 22.1. The van der Waals surface area contributed by atoms with Gasteiger partial charge in [0.1, 0.15) is 26.5 Å². The van der Waals surface area contributed by atoms with Gasteiger partial charge in [-0.25, -0.2) is 14.8 Å². The molecule has 0 amide bonds. The maximum absolute atomic E-state index is 13.0. The molecule has 4 aromatic rings. The molecule has 36 heavy (non-hydrogen) atoms. The van der Waals surface area contributed by atoms with Gasteiger partial charge in [0.2, 0.25) is 0 Å². The highest BCUT2D eigenvalue weighted by Gasteiger charge is 2.40. The minimum Gasteiger partial charge on any atom is -0.496 e. The number of fused-ring (bicyclic) bond motifs is 6. The Morgan fingerprint density at radius 1 is 1.14 bits per heavy atom. The fourth-order valence-corrected chi connectivity index (χ4v) is 6.33. The van der Waals surface area contributed by atoms with E-state index in [4.69, 9.17) is 9.47 Å². The smallest absolute Gasteiger partial charge is 0.328 e. The van der Waals surface area contributed by atoms with Crippen molar-refractivity contribution in [2.45, 2.75) is 25.3 Å². The van der Waals surface area contributed by atoms with E-state index >= 15 is 0 Å². The van der Waals surface area contributed by atoms with Gasteiger partial charge < -0.3 is 19.4 Å². The molecule has 3 aromatic heterocycles. The molecule has 1 aromatic carbocycles. The summed E-state index contributed by atoms with van der Waals surface area (Å²) in [5.74, 6) is 2.69. The summed E-state index contributed by atoms with van der Waals surface area (Å²) < 4.78 is 13.4. The summed E-state index contributed by atoms with van der Waals surface area (Å²) in [7, 11) is 1.71. The molecule has 0 bridgehead atoms. The van der Waals surface area contributed by atoms with Crippen molar-refractivity contribution in [3.8, 4) is 11.5 Å². The summed E-state index contributed by atoms with van der Waals surface area (Å²) in [6.45, 7) is 3.99. The van der Waals surface area contributed by atoms with Crippen LogP contribution in [0, 0.1) is 5.92 Å². The second kappa shape index (κ2) is 10.8. The molecule has 1 N–H and O–H groups in total. The van der Waals surface area contributed by atoms with Gasteiger partial charge in [0, 0.05) is 49.4 Å². The summed E-state index contributed by atoms with van der Waals surface area (Å²) in [5, 5.41) is 0. The van der Waals surface area contributed by atoms with Gasteiger partial charge in [0.05, 0.1) is 19.2 Å². The van der Waals surface area contributed by atoms with Crippen molar-refractivity contribution in [1.82, 2.24) is 24.4 Å². The molecule has 9 nitrogen and oxygen atoms in total. The lowest BCUT2D eigenvalue weighted by molar-refractivity contribution is 0.209. The molecule has 0 spiro atoms. The standard InChI is InChI=1S/C24H25N5O4S.2ClH/c1-32-16-5-4-6-17-18(16)15-12-28(11-14(15)13-33-17)9-2-3-10-29-23(30)21-19(27-24(29)31)20-22(34-21)26-8-7-25-20;;/h4-8,14-15H,2-3,9-13H2,1H3,(H,27,31);2*1H/t14-,15-;;/m1../s1. The first-order valence-corrected chi connectivity index (χ1v) is 12.3. The average molecular weight is 552 g/mol. The molecule has 2 aliphatic heterocycles. The number of ether oxygens (including phenoxy) is 2. The minimum atomic E-state index is -0.393. The van der Waals surface area contributed by atoms with Crippen LogP contribution in [0.15, 0.2) is 40.2 Å². The van der Waals surface area contributed by atoms with Crippen molar-refractivity contribution in [3.05, 3.63) is 57.0 Å². The Bertz CT molecular complexity index is 1490. The van der Waals surface area contributed by atoms with Crippen LogP contribution in [0.3, 0.4) is 0 Å². The van der Waals surface area contributed by atoms with Crippen LogP contribution in [-0.4, -0.2) is 57.8 Å². The summed E-state index contributed by atoms with van der Waals surface area (Å²) >= 11 is 1.27. The first-order chi connectivity index (χ1) is 16.6. The number of H-pyrrole nitrogens is 1. The highest BCUT2D eigenvalue weighted by molar-refractivity contribution is 7.25. The van der Waals surface area contributed by atoms with Crippen molar-refractivity contribution in [2.24, 2.45) is 5.92 Å². The Morgan fingerprint density at radius 2 is 1.94 bits per heavy atom. The third-order valence-electron chi connectivity index (χ3n) is 6.94. The van der Waals surface area contributed by atoms with Crippen LogP contribution in [0.4, 0.5) is 0 Å². The Labute approximate surface area is 223 Å². The second-order valence-electron chi connectivity index (χ2n) is 8.92. The third kappa shape index (κ3) is 4.47. The number of unbranched alkanes of at least 4 members (excludes halogenated alkanes) is 1. The maximum Gasteiger partial charge on any atom is 0.328 e. The third-order valence-corrected chi connectivity index (χ3v) is 8.01. The number of halogens is 2. The highest BCUT2D eigenvalue weighted by Crippen LogP contribution is 2.46. The first kappa shape index (κ1) is 26.4. The van der Waals surface area contributed by atoms with Crippen LogP contribution < -0.4 is 20.7 Å². The average Bonchev–Trinajstić information content (AvgIpc) is 3.44. The summed E-state index contributed by atoms with van der Waals surface area (Å²) in [4.78, 5) is 40.1. The van der Waals surface area contributed by atoms with E-state index in [9.17, 15) is 9.59 Å². The summed E-state index contributed by atoms with van der Waals surface area (Å²) in [5.41, 5.74) is 1.58. The fourth-order valence-electron chi connectivity index (χ4n) is 5.32. The molecule has 2 aliphatic rings. The molecule has 1 saturated heterocycles. The van der Waals surface area contributed by atoms with Gasteiger partial charge in [-0.2, -0.15) is 0 Å². The molecule has 6 rings (SSSR count). The minimum absolute atomic E-state index is 0. The SMILES string of the molecule is COc1cccc2c1[C@@H]1CN(CCCCn3c(=O)[nH]c4c(sc5nccnc54)c3=O)C[C@@H]1CO2.Cl.Cl. The molecular formula is C24H27Cl2N5O4S. The van der Waals surface area contributed by atoms with Crippen molar-refractivity contribution in [1.29, 1.82) is 0 Å². The molecule has 192 valence electrons. The fraction of sp³-hybridized carbons (Fsp3) is 0.417. The molecule has 2 atom stereocenters. The van der Waals surface area contributed by atoms with Gasteiger partial charge >= 0.3 is 5.69 Å². The largest absolute Gasteiger partial charge is 0.496 e. The van der Waals surface area contributed by atoms with Gasteiger partial charge in [0.25, 0.3) is 5.56 Å². The van der Waals surface area contributed by atoms with E-state index in [0.717, 1.165) is 50.6 Å². The van der Waals surface area contributed by atoms with E-state index in [1.807, 2.05) is 18.2 Å². The number of benzene rings is 1. The molecule has 12 heteroatoms. The van der Waals surface area contributed by atoms with Crippen molar-refractivity contribution < 1.29 is 9.47 Å². The number of nitrogens with one attached hydrogen (secondary N) is 1. The number of aromatic amines is 1. The number of hydrogen-bond donors (Lipinski definition) is 1. The van der Waals surface area contributed by atoms with E-state index in [1.54, 1.807) is 19.5 Å². The number of aromatic nitrogens is 4. The Hall–Kier alpha value is -2.66. The Balaban J connectivity index is 0.00000152. The van der Waals surface area contributed by atoms with Crippen LogP contribution in [0.1, 0.15) is 24.3 Å². The zero-order valence-electron chi connectivity index (χ0n) is 19.6. The van der Waals surface area contributed by atoms with Crippen LogP contribution in [0.2, 0.25) is 0 Å². The van der Waals surface area contributed by atoms with Crippen molar-refractivity contribution >= 4 is 56.7 Å². The van der Waals surface area contributed by atoms with Crippen LogP contribution in [0.25, 0.3) is 20.6 Å². The molecular weight excluding hydrogens is 525 g/mol. The van der Waals surface area contributed by atoms with E-state index < -0.39 is 5.69 Å². The first-order valence-electron chi connectivity index (χ1n) is 11.5. The number of methoxy groups -OCH3 is 1. The van der Waals surface area contributed by atoms with Crippen LogP contribution in [0.5, 0.6) is 11.5 Å². The molecule has 5 heterocycles. The summed E-state index contributed by atoms with van der Waals surface area (Å²) in [6, 6.07) is 5.99. The quantitative estimate of drug-likeness (QED) is 0.366. The molecule has 0 aliphatic carbocycles. The lowest BCUT2D eigenvalue weighted by atomic mass is 9.86. The van der Waals surface area contributed by atoms with Gasteiger partial charge in [-0.1, -0.05) is 6.07 Å². The number of likely N-dealkylation sites (tertiary alicyclic amines) is 1. The van der Waals surface area contributed by atoms with E-state index in [-0.39, 0.29) is 30.4 Å². The molecule has 0 unspecified atom stereocenters. The zero-order chi connectivity index (χ0) is 23.2. The number of thiophene rings is 1. The number of hydrogen-bond acceptors (Lipinski definition) is 8. The normalized spacial score (nSPS) is 18.7. The van der Waals surface area contributed by atoms with Gasteiger partial charge in [-0.15, -0.1) is 36.2 Å². The summed E-state index contributed by atoms with van der Waals surface area (Å²) in [6.07, 6.45) is 4.80. The maximum atomic E-state index is 13.0. The van der Waals surface area contributed by atoms with Gasteiger partial charge in [-0.05, 0) is 31.5 Å². The number of nitrogens with zero attached hydrogens (tertiary/aromatic N) is 4. The monoisotopic (exact) mass is 551 g/mol. The Kier molecular flexibility index (Phi) is 7.89. The van der Waals surface area contributed by atoms with Crippen LogP contribution >= 0.6 is 36.2 Å². The number of rotatable bonds is 6.